The highest BCUT2D eigenvalue weighted by atomic mass is 16.4. The van der Waals surface area contributed by atoms with Gasteiger partial charge in [-0.15, -0.1) is 0 Å². The first kappa shape index (κ1) is 15.0. The van der Waals surface area contributed by atoms with E-state index < -0.39 is 11.4 Å². The molecular weight excluding hydrogens is 272 g/mol. The third-order valence-electron chi connectivity index (χ3n) is 8.96. The summed E-state index contributed by atoms with van der Waals surface area (Å²) in [5, 5.41) is 9.92. The quantitative estimate of drug-likeness (QED) is 0.730. The smallest absolute Gasteiger partial charge is 0.309 e. The van der Waals surface area contributed by atoms with E-state index in [0.717, 1.165) is 37.0 Å². The largest absolute Gasteiger partial charge is 0.481 e. The third-order valence-corrected chi connectivity index (χ3v) is 8.96. The lowest BCUT2D eigenvalue weighted by molar-refractivity contribution is -0.181. The number of carbonyl (C=O) groups is 1. The Morgan fingerprint density at radius 1 is 1.00 bits per heavy atom. The van der Waals surface area contributed by atoms with Crippen LogP contribution in [0.15, 0.2) is 0 Å². The molecule has 4 aliphatic rings. The first-order chi connectivity index (χ1) is 10.3. The molecule has 0 radical (unpaired) electrons. The van der Waals surface area contributed by atoms with E-state index in [-0.39, 0.29) is 5.41 Å². The molecule has 0 saturated heterocycles. The maximum absolute atomic E-state index is 12.0. The van der Waals surface area contributed by atoms with Crippen LogP contribution >= 0.6 is 0 Å². The molecule has 7 atom stereocenters. The van der Waals surface area contributed by atoms with E-state index in [1.54, 1.807) is 0 Å². The van der Waals surface area contributed by atoms with Gasteiger partial charge in [-0.25, -0.2) is 0 Å². The maximum Gasteiger partial charge on any atom is 0.309 e. The van der Waals surface area contributed by atoms with Crippen molar-refractivity contribution >= 4 is 5.97 Å². The summed E-state index contributed by atoms with van der Waals surface area (Å²) in [6.45, 7) is 7.00. The zero-order chi connectivity index (χ0) is 15.8. The fraction of sp³-hybridized carbons (Fsp3) is 0.950. The summed E-state index contributed by atoms with van der Waals surface area (Å²) in [6.07, 6.45) is 11.4. The van der Waals surface area contributed by atoms with E-state index in [1.165, 1.54) is 38.5 Å². The first-order valence-corrected chi connectivity index (χ1v) is 9.55. The van der Waals surface area contributed by atoms with Crippen LogP contribution in [0.25, 0.3) is 0 Å². The van der Waals surface area contributed by atoms with Crippen molar-refractivity contribution in [3.05, 3.63) is 0 Å². The number of hydrogen-bond acceptors (Lipinski definition) is 1. The molecule has 124 valence electrons. The van der Waals surface area contributed by atoms with Gasteiger partial charge in [-0.05, 0) is 92.8 Å². The molecule has 0 aromatic rings. The van der Waals surface area contributed by atoms with E-state index in [4.69, 9.17) is 0 Å². The Balaban J connectivity index is 1.73. The highest BCUT2D eigenvalue weighted by molar-refractivity contribution is 5.75. The molecule has 0 heterocycles. The monoisotopic (exact) mass is 304 g/mol. The molecule has 0 amide bonds. The highest BCUT2D eigenvalue weighted by Crippen LogP contribution is 2.72. The summed E-state index contributed by atoms with van der Waals surface area (Å²) < 4.78 is 0. The highest BCUT2D eigenvalue weighted by Gasteiger charge is 2.65. The lowest BCUT2D eigenvalue weighted by Gasteiger charge is -2.63. The Labute approximate surface area is 135 Å². The van der Waals surface area contributed by atoms with Crippen molar-refractivity contribution in [2.75, 3.05) is 0 Å². The number of carboxylic acids is 1. The van der Waals surface area contributed by atoms with E-state index >= 15 is 0 Å². The van der Waals surface area contributed by atoms with Gasteiger partial charge in [0, 0.05) is 0 Å². The van der Waals surface area contributed by atoms with Crippen LogP contribution in [0.5, 0.6) is 0 Å². The third kappa shape index (κ3) is 1.70. The average Bonchev–Trinajstić information content (AvgIpc) is 2.68. The minimum Gasteiger partial charge on any atom is -0.481 e. The molecular formula is C20H32O2. The van der Waals surface area contributed by atoms with Crippen molar-refractivity contribution < 1.29 is 9.90 Å². The van der Waals surface area contributed by atoms with Crippen LogP contribution in [-0.2, 0) is 4.79 Å². The van der Waals surface area contributed by atoms with Gasteiger partial charge in [-0.3, -0.25) is 4.79 Å². The molecule has 0 aromatic heterocycles. The van der Waals surface area contributed by atoms with Crippen molar-refractivity contribution in [3.8, 4) is 0 Å². The van der Waals surface area contributed by atoms with Crippen LogP contribution in [0, 0.1) is 39.9 Å². The summed E-state index contributed by atoms with van der Waals surface area (Å²) in [4.78, 5) is 12.0. The summed E-state index contributed by atoms with van der Waals surface area (Å²) >= 11 is 0. The number of hydrogen-bond donors (Lipinski definition) is 1. The molecule has 0 aromatic carbocycles. The van der Waals surface area contributed by atoms with E-state index in [2.05, 4.69) is 20.8 Å². The fourth-order valence-electron chi connectivity index (χ4n) is 8.05. The summed E-state index contributed by atoms with van der Waals surface area (Å²) in [5.41, 5.74) is 0.374. The lowest BCUT2D eigenvalue weighted by Crippen LogP contribution is -2.58. The van der Waals surface area contributed by atoms with E-state index in [1.807, 2.05) is 0 Å². The number of fused-ring (bicyclic) bond motifs is 3. The van der Waals surface area contributed by atoms with Gasteiger partial charge in [0.2, 0.25) is 0 Å². The zero-order valence-corrected chi connectivity index (χ0v) is 14.5. The Kier molecular flexibility index (Phi) is 3.08. The van der Waals surface area contributed by atoms with E-state index in [9.17, 15) is 9.90 Å². The van der Waals surface area contributed by atoms with Gasteiger partial charge in [0.05, 0.1) is 5.41 Å². The minimum absolute atomic E-state index is 0.276. The second kappa shape index (κ2) is 4.51. The molecule has 2 nitrogen and oxygen atoms in total. The SMILES string of the molecule is C[C@@H]1C[C@]23CC[C@H]4C(C)(C(=O)O)CCC[C@]4(C)[C@H]2CC[C@@H]1C3. The second-order valence-corrected chi connectivity index (χ2v) is 9.81. The number of rotatable bonds is 1. The standard InChI is InChI=1S/C20H32O2/c1-13-11-20-10-7-15-18(2,16(20)6-5-14(13)12-20)8-4-9-19(15,3)17(21)22/h13-16H,4-12H2,1-3H3,(H,21,22)/t13-,14-,15-,16-,18+,19?,20+/m1/s1. The zero-order valence-electron chi connectivity index (χ0n) is 14.5. The Morgan fingerprint density at radius 2 is 1.77 bits per heavy atom. The van der Waals surface area contributed by atoms with Gasteiger partial charge in [-0.1, -0.05) is 20.3 Å². The molecule has 1 N–H and O–H groups in total. The minimum atomic E-state index is -0.534. The molecule has 4 fully saturated rings. The summed E-state index contributed by atoms with van der Waals surface area (Å²) in [5.74, 6) is 2.52. The van der Waals surface area contributed by atoms with Crippen molar-refractivity contribution in [3.63, 3.8) is 0 Å². The predicted octanol–water partition coefficient (Wildman–Crippen LogP) is 5.12. The Bertz CT molecular complexity index is 496. The number of carboxylic acid groups (broad SMARTS) is 1. The second-order valence-electron chi connectivity index (χ2n) is 9.81. The van der Waals surface area contributed by atoms with Gasteiger partial charge >= 0.3 is 5.97 Å². The van der Waals surface area contributed by atoms with Crippen LogP contribution in [0.2, 0.25) is 0 Å². The molecule has 22 heavy (non-hydrogen) atoms. The van der Waals surface area contributed by atoms with Gasteiger partial charge in [0.25, 0.3) is 0 Å². The van der Waals surface area contributed by atoms with Crippen molar-refractivity contribution in [1.29, 1.82) is 0 Å². The molecule has 4 saturated carbocycles. The molecule has 0 aliphatic heterocycles. The number of aliphatic carboxylic acids is 1. The predicted molar refractivity (Wildman–Crippen MR) is 87.5 cm³/mol. The maximum atomic E-state index is 12.0. The Morgan fingerprint density at radius 3 is 2.50 bits per heavy atom. The van der Waals surface area contributed by atoms with Crippen molar-refractivity contribution in [2.24, 2.45) is 39.9 Å². The van der Waals surface area contributed by atoms with Crippen LogP contribution < -0.4 is 0 Å². The van der Waals surface area contributed by atoms with Gasteiger partial charge in [0.1, 0.15) is 0 Å². The lowest BCUT2D eigenvalue weighted by atomic mass is 9.41. The first-order valence-electron chi connectivity index (χ1n) is 9.55. The molecule has 4 aliphatic carbocycles. The summed E-state index contributed by atoms with van der Waals surface area (Å²) in [7, 11) is 0. The van der Waals surface area contributed by atoms with Gasteiger partial charge < -0.3 is 5.11 Å². The van der Waals surface area contributed by atoms with E-state index in [0.29, 0.717) is 11.3 Å². The molecule has 2 bridgehead atoms. The van der Waals surface area contributed by atoms with Crippen LogP contribution in [0.3, 0.4) is 0 Å². The van der Waals surface area contributed by atoms with Gasteiger partial charge in [0.15, 0.2) is 0 Å². The van der Waals surface area contributed by atoms with Crippen molar-refractivity contribution in [1.82, 2.24) is 0 Å². The fourth-order valence-corrected chi connectivity index (χ4v) is 8.05. The molecule has 1 spiro atoms. The Hall–Kier alpha value is -0.530. The average molecular weight is 304 g/mol. The van der Waals surface area contributed by atoms with Crippen LogP contribution in [0.1, 0.15) is 78.6 Å². The van der Waals surface area contributed by atoms with Crippen LogP contribution in [0.4, 0.5) is 0 Å². The van der Waals surface area contributed by atoms with Crippen LogP contribution in [-0.4, -0.2) is 11.1 Å². The summed E-state index contributed by atoms with van der Waals surface area (Å²) in [6, 6.07) is 0. The normalized spacial score (nSPS) is 57.0. The topological polar surface area (TPSA) is 37.3 Å². The molecule has 4 rings (SSSR count). The molecule has 1 unspecified atom stereocenters. The van der Waals surface area contributed by atoms with Gasteiger partial charge in [-0.2, -0.15) is 0 Å². The van der Waals surface area contributed by atoms with Crippen molar-refractivity contribution in [2.45, 2.75) is 78.6 Å². The molecule has 2 heteroatoms.